The van der Waals surface area contributed by atoms with Crippen LogP contribution in [0.15, 0.2) is 29.9 Å². The van der Waals surface area contributed by atoms with Crippen LogP contribution in [0.2, 0.25) is 0 Å². The second-order valence-electron chi connectivity index (χ2n) is 4.53. The number of ether oxygens (including phenoxy) is 1. The van der Waals surface area contributed by atoms with Gasteiger partial charge in [0.15, 0.2) is 0 Å². The molecule has 20 heavy (non-hydrogen) atoms. The molecule has 0 bridgehead atoms. The molecule has 0 aliphatic carbocycles. The van der Waals surface area contributed by atoms with Gasteiger partial charge in [-0.25, -0.2) is 0 Å². The third-order valence-electron chi connectivity index (χ3n) is 2.66. The highest BCUT2D eigenvalue weighted by Crippen LogP contribution is 2.09. The number of nitrogens with zero attached hydrogens (tertiary/aromatic N) is 2. The molecule has 0 aliphatic rings. The molecule has 0 fully saturated rings. The molecule has 108 valence electrons. The normalized spacial score (nSPS) is 12.5. The Hall–Kier alpha value is -1.34. The molecule has 0 radical (unpaired) electrons. The molecule has 0 aromatic carbocycles. The minimum Gasteiger partial charge on any atom is -0.389 e. The lowest BCUT2D eigenvalue weighted by Crippen LogP contribution is -2.30. The van der Waals surface area contributed by atoms with Crippen molar-refractivity contribution in [3.63, 3.8) is 0 Å². The molecule has 0 saturated carbocycles. The van der Waals surface area contributed by atoms with Crippen molar-refractivity contribution in [3.05, 3.63) is 46.2 Å². The predicted molar refractivity (Wildman–Crippen MR) is 78.5 cm³/mol. The van der Waals surface area contributed by atoms with Gasteiger partial charge in [0.1, 0.15) is 0 Å². The van der Waals surface area contributed by atoms with E-state index in [1.807, 2.05) is 24.4 Å². The second-order valence-corrected chi connectivity index (χ2v) is 5.56. The van der Waals surface area contributed by atoms with Crippen molar-refractivity contribution in [2.45, 2.75) is 26.2 Å². The second kappa shape index (κ2) is 8.06. The summed E-state index contributed by atoms with van der Waals surface area (Å²) >= 11 is 1.65. The van der Waals surface area contributed by atoms with E-state index in [1.54, 1.807) is 23.7 Å². The van der Waals surface area contributed by atoms with E-state index in [0.29, 0.717) is 26.3 Å². The number of hydrogen-bond acceptors (Lipinski definition) is 6. The smallest absolute Gasteiger partial charge is 0.0897 e. The zero-order valence-corrected chi connectivity index (χ0v) is 12.3. The van der Waals surface area contributed by atoms with Crippen molar-refractivity contribution >= 4 is 11.3 Å². The topological polar surface area (TPSA) is 67.3 Å². The first-order chi connectivity index (χ1) is 9.74. The molecule has 2 aromatic heterocycles. The largest absolute Gasteiger partial charge is 0.389 e. The van der Waals surface area contributed by atoms with E-state index in [0.717, 1.165) is 11.4 Å². The van der Waals surface area contributed by atoms with E-state index in [4.69, 9.17) is 4.74 Å². The lowest BCUT2D eigenvalue weighted by Gasteiger charge is -2.11. The predicted octanol–water partition coefficient (Wildman–Crippen LogP) is 1.51. The van der Waals surface area contributed by atoms with Gasteiger partial charge >= 0.3 is 0 Å². The summed E-state index contributed by atoms with van der Waals surface area (Å²) in [6.45, 7) is 3.84. The van der Waals surface area contributed by atoms with Crippen LogP contribution in [0.1, 0.15) is 16.3 Å². The number of aliphatic hydroxyl groups is 1. The molecular weight excluding hydrogens is 274 g/mol. The third kappa shape index (κ3) is 5.34. The highest BCUT2D eigenvalue weighted by molar-refractivity contribution is 7.09. The highest BCUT2D eigenvalue weighted by atomic mass is 32.1. The van der Waals surface area contributed by atoms with Crippen molar-refractivity contribution < 1.29 is 9.84 Å². The number of thiophene rings is 1. The molecule has 2 rings (SSSR count). The Labute approximate surface area is 122 Å². The van der Waals surface area contributed by atoms with Crippen LogP contribution in [0.3, 0.4) is 0 Å². The maximum Gasteiger partial charge on any atom is 0.0897 e. The van der Waals surface area contributed by atoms with E-state index in [9.17, 15) is 5.11 Å². The van der Waals surface area contributed by atoms with Gasteiger partial charge in [-0.3, -0.25) is 9.97 Å². The average molecular weight is 293 g/mol. The van der Waals surface area contributed by atoms with Gasteiger partial charge in [0, 0.05) is 30.4 Å². The van der Waals surface area contributed by atoms with Gasteiger partial charge in [0.25, 0.3) is 0 Å². The number of aryl methyl sites for hydroxylation is 1. The molecule has 5 nitrogen and oxygen atoms in total. The summed E-state index contributed by atoms with van der Waals surface area (Å²) < 4.78 is 5.45. The van der Waals surface area contributed by atoms with Crippen LogP contribution >= 0.6 is 11.3 Å². The first-order valence-corrected chi connectivity index (χ1v) is 7.38. The lowest BCUT2D eigenvalue weighted by molar-refractivity contribution is 0.0297. The number of hydrogen-bond donors (Lipinski definition) is 2. The van der Waals surface area contributed by atoms with E-state index >= 15 is 0 Å². The Morgan fingerprint density at radius 3 is 3.00 bits per heavy atom. The van der Waals surface area contributed by atoms with Crippen molar-refractivity contribution in [2.24, 2.45) is 0 Å². The summed E-state index contributed by atoms with van der Waals surface area (Å²) in [5.74, 6) is 0. The van der Waals surface area contributed by atoms with E-state index < -0.39 is 6.10 Å². The maximum absolute atomic E-state index is 9.78. The fourth-order valence-corrected chi connectivity index (χ4v) is 2.27. The van der Waals surface area contributed by atoms with Gasteiger partial charge in [0.05, 0.1) is 30.7 Å². The standard InChI is InChI=1S/C14H19N3O2S/c1-11-5-17-12(7-16-11)6-15-8-13(18)9-19-10-14-3-2-4-20-14/h2-5,7,13,15,18H,6,8-10H2,1H3. The quantitative estimate of drug-likeness (QED) is 0.772. The van der Waals surface area contributed by atoms with Gasteiger partial charge in [-0.15, -0.1) is 11.3 Å². The lowest BCUT2D eigenvalue weighted by atomic mass is 10.3. The maximum atomic E-state index is 9.78. The molecule has 2 heterocycles. The Kier molecular flexibility index (Phi) is 6.07. The van der Waals surface area contributed by atoms with Gasteiger partial charge in [-0.2, -0.15) is 0 Å². The summed E-state index contributed by atoms with van der Waals surface area (Å²) in [7, 11) is 0. The Morgan fingerprint density at radius 2 is 2.30 bits per heavy atom. The van der Waals surface area contributed by atoms with Crippen LogP contribution in [-0.2, 0) is 17.9 Å². The molecule has 0 spiro atoms. The summed E-state index contributed by atoms with van der Waals surface area (Å²) in [5, 5.41) is 14.9. The number of rotatable bonds is 8. The van der Waals surface area contributed by atoms with Gasteiger partial charge < -0.3 is 15.2 Å². The number of aliphatic hydroxyl groups excluding tert-OH is 1. The molecule has 6 heteroatoms. The van der Waals surface area contributed by atoms with Crippen LogP contribution in [0.25, 0.3) is 0 Å². The van der Waals surface area contributed by atoms with E-state index in [2.05, 4.69) is 15.3 Å². The zero-order chi connectivity index (χ0) is 14.2. The molecule has 0 saturated heterocycles. The summed E-state index contributed by atoms with van der Waals surface area (Å²) in [5.41, 5.74) is 1.76. The third-order valence-corrected chi connectivity index (χ3v) is 3.51. The summed E-state index contributed by atoms with van der Waals surface area (Å²) in [6, 6.07) is 4.01. The number of aromatic nitrogens is 2. The van der Waals surface area contributed by atoms with Crippen molar-refractivity contribution in [1.82, 2.24) is 15.3 Å². The Morgan fingerprint density at radius 1 is 1.40 bits per heavy atom. The monoisotopic (exact) mass is 293 g/mol. The van der Waals surface area contributed by atoms with Gasteiger partial charge in [-0.05, 0) is 18.4 Å². The van der Waals surface area contributed by atoms with E-state index in [-0.39, 0.29) is 0 Å². The van der Waals surface area contributed by atoms with Crippen molar-refractivity contribution in [2.75, 3.05) is 13.2 Å². The van der Waals surface area contributed by atoms with Crippen LogP contribution < -0.4 is 5.32 Å². The Balaban J connectivity index is 1.58. The molecule has 0 aliphatic heterocycles. The molecule has 1 atom stereocenters. The van der Waals surface area contributed by atoms with Crippen molar-refractivity contribution in [3.8, 4) is 0 Å². The molecule has 2 aromatic rings. The summed E-state index contributed by atoms with van der Waals surface area (Å²) in [6.07, 6.45) is 2.95. The summed E-state index contributed by atoms with van der Waals surface area (Å²) in [4.78, 5) is 9.57. The fourth-order valence-electron chi connectivity index (χ4n) is 1.63. The van der Waals surface area contributed by atoms with Gasteiger partial charge in [0.2, 0.25) is 0 Å². The van der Waals surface area contributed by atoms with E-state index in [1.165, 1.54) is 4.88 Å². The SMILES string of the molecule is Cc1cnc(CNCC(O)COCc2cccs2)cn1. The molecule has 0 amide bonds. The van der Waals surface area contributed by atoms with Crippen LogP contribution in [0.5, 0.6) is 0 Å². The van der Waals surface area contributed by atoms with Crippen LogP contribution in [-0.4, -0.2) is 34.3 Å². The van der Waals surface area contributed by atoms with Crippen molar-refractivity contribution in [1.29, 1.82) is 0 Å². The average Bonchev–Trinajstić information content (AvgIpc) is 2.94. The van der Waals surface area contributed by atoms with Gasteiger partial charge in [-0.1, -0.05) is 6.07 Å². The van der Waals surface area contributed by atoms with Crippen LogP contribution in [0.4, 0.5) is 0 Å². The van der Waals surface area contributed by atoms with Crippen LogP contribution in [0, 0.1) is 6.92 Å². The first kappa shape index (κ1) is 15.1. The molecule has 2 N–H and O–H groups in total. The minimum absolute atomic E-state index is 0.324. The zero-order valence-electron chi connectivity index (χ0n) is 11.5. The first-order valence-electron chi connectivity index (χ1n) is 6.50. The minimum atomic E-state index is -0.520. The Bertz CT molecular complexity index is 488. The number of nitrogens with one attached hydrogen (secondary N) is 1. The molecular formula is C14H19N3O2S. The highest BCUT2D eigenvalue weighted by Gasteiger charge is 2.05. The molecule has 1 unspecified atom stereocenters. The fraction of sp³-hybridized carbons (Fsp3) is 0.429.